The van der Waals surface area contributed by atoms with Crippen LogP contribution in [-0.2, 0) is 4.74 Å². The van der Waals surface area contributed by atoms with Gasteiger partial charge in [0, 0.05) is 17.7 Å². The normalized spacial score (nSPS) is 22.1. The Morgan fingerprint density at radius 2 is 2.10 bits per heavy atom. The number of aliphatic hydroxyl groups excluding tert-OH is 1. The van der Waals surface area contributed by atoms with E-state index in [1.165, 1.54) is 4.90 Å². The molecule has 1 amide bonds. The largest absolute Gasteiger partial charge is 0.443 e. The summed E-state index contributed by atoms with van der Waals surface area (Å²) < 4.78 is 5.33. The minimum atomic E-state index is -1.66. The number of hydrogen-bond donors (Lipinski definition) is 2. The highest BCUT2D eigenvalue weighted by atomic mass is 16.6. The second kappa shape index (κ2) is 5.03. The fourth-order valence-corrected chi connectivity index (χ4v) is 2.43. The van der Waals surface area contributed by atoms with Crippen molar-refractivity contribution >= 4 is 11.9 Å². The number of anilines is 1. The third-order valence-electron chi connectivity index (χ3n) is 3.24. The zero-order valence-electron chi connectivity index (χ0n) is 12.1. The average Bonchev–Trinajstić information content (AvgIpc) is 2.61. The molecule has 1 aromatic rings. The Morgan fingerprint density at radius 1 is 1.45 bits per heavy atom. The lowest BCUT2D eigenvalue weighted by Gasteiger charge is -2.30. The summed E-state index contributed by atoms with van der Waals surface area (Å²) in [6, 6.07) is 2.79. The summed E-state index contributed by atoms with van der Waals surface area (Å²) in [7, 11) is 0. The first-order valence-corrected chi connectivity index (χ1v) is 6.55. The number of amides is 1. The Morgan fingerprint density at radius 3 is 2.65 bits per heavy atom. The zero-order chi connectivity index (χ0) is 15.1. The fraction of sp³-hybridized carbons (Fsp3) is 0.571. The molecule has 0 fully saturated rings. The van der Waals surface area contributed by atoms with Crippen LogP contribution in [0, 0.1) is 0 Å². The lowest BCUT2D eigenvalue weighted by Crippen LogP contribution is -2.48. The van der Waals surface area contributed by atoms with E-state index in [4.69, 9.17) is 4.74 Å². The van der Waals surface area contributed by atoms with Crippen molar-refractivity contribution in [3.8, 4) is 0 Å². The molecule has 2 heterocycles. The molecule has 0 saturated heterocycles. The molecule has 6 heteroatoms. The quantitative estimate of drug-likeness (QED) is 0.764. The second-order valence-electron chi connectivity index (χ2n) is 5.96. The van der Waals surface area contributed by atoms with Gasteiger partial charge in [-0.15, -0.1) is 0 Å². The van der Waals surface area contributed by atoms with Crippen LogP contribution in [0.15, 0.2) is 18.3 Å². The van der Waals surface area contributed by atoms with Crippen LogP contribution in [0.25, 0.3) is 0 Å². The van der Waals surface area contributed by atoms with Crippen molar-refractivity contribution in [2.75, 3.05) is 4.90 Å². The van der Waals surface area contributed by atoms with Crippen molar-refractivity contribution < 1.29 is 19.7 Å². The molecule has 2 unspecified atom stereocenters. The van der Waals surface area contributed by atoms with Crippen molar-refractivity contribution in [2.45, 2.75) is 51.5 Å². The van der Waals surface area contributed by atoms with Gasteiger partial charge >= 0.3 is 6.09 Å². The van der Waals surface area contributed by atoms with Crippen LogP contribution in [0.3, 0.4) is 0 Å². The van der Waals surface area contributed by atoms with Gasteiger partial charge in [0.05, 0.1) is 6.04 Å². The Kier molecular flexibility index (Phi) is 3.71. The van der Waals surface area contributed by atoms with Crippen LogP contribution in [0.2, 0.25) is 0 Å². The highest BCUT2D eigenvalue weighted by Crippen LogP contribution is 2.40. The van der Waals surface area contributed by atoms with Crippen molar-refractivity contribution in [1.29, 1.82) is 0 Å². The van der Waals surface area contributed by atoms with Crippen molar-refractivity contribution in [1.82, 2.24) is 4.98 Å². The van der Waals surface area contributed by atoms with Crippen LogP contribution in [0.4, 0.5) is 10.6 Å². The maximum absolute atomic E-state index is 12.3. The maximum Gasteiger partial charge on any atom is 0.416 e. The Balaban J connectivity index is 2.40. The third-order valence-corrected chi connectivity index (χ3v) is 3.24. The Bertz CT molecular complexity index is 510. The molecule has 2 atom stereocenters. The number of carbonyl (C=O) groups is 1. The molecule has 110 valence electrons. The molecule has 2 N–H and O–H groups in total. The maximum atomic E-state index is 12.3. The Labute approximate surface area is 118 Å². The SMILES string of the molecule is CC1c2cccnc2N(C(=O)OC(C)(C)C)C1C(O)O. The van der Waals surface area contributed by atoms with Crippen LogP contribution in [0.5, 0.6) is 0 Å². The van der Waals surface area contributed by atoms with Gasteiger partial charge in [0.15, 0.2) is 6.29 Å². The molecule has 6 nitrogen and oxygen atoms in total. The van der Waals surface area contributed by atoms with Crippen LogP contribution in [-0.4, -0.2) is 39.2 Å². The van der Waals surface area contributed by atoms with Gasteiger partial charge in [-0.25, -0.2) is 9.78 Å². The van der Waals surface area contributed by atoms with E-state index in [-0.39, 0.29) is 5.92 Å². The van der Waals surface area contributed by atoms with Crippen LogP contribution >= 0.6 is 0 Å². The van der Waals surface area contributed by atoms with E-state index in [1.807, 2.05) is 13.0 Å². The number of pyridine rings is 1. The van der Waals surface area contributed by atoms with Crippen molar-refractivity contribution in [2.24, 2.45) is 0 Å². The van der Waals surface area contributed by atoms with Gasteiger partial charge in [-0.05, 0) is 26.8 Å². The highest BCUT2D eigenvalue weighted by molar-refractivity contribution is 5.90. The Hall–Kier alpha value is -1.66. The van der Waals surface area contributed by atoms with Gasteiger partial charge in [-0.2, -0.15) is 0 Å². The van der Waals surface area contributed by atoms with Gasteiger partial charge in [0.2, 0.25) is 0 Å². The molecule has 0 saturated carbocycles. The van der Waals surface area contributed by atoms with Crippen molar-refractivity contribution in [3.63, 3.8) is 0 Å². The van der Waals surface area contributed by atoms with E-state index >= 15 is 0 Å². The van der Waals surface area contributed by atoms with Crippen molar-refractivity contribution in [3.05, 3.63) is 23.9 Å². The molecular weight excluding hydrogens is 260 g/mol. The molecule has 0 spiro atoms. The summed E-state index contributed by atoms with van der Waals surface area (Å²) in [6.45, 7) is 7.10. The first-order valence-electron chi connectivity index (χ1n) is 6.55. The molecular formula is C14H20N2O4. The summed E-state index contributed by atoms with van der Waals surface area (Å²) >= 11 is 0. The summed E-state index contributed by atoms with van der Waals surface area (Å²) in [5.74, 6) is 0.193. The number of fused-ring (bicyclic) bond motifs is 1. The van der Waals surface area contributed by atoms with Gasteiger partial charge in [-0.3, -0.25) is 4.90 Å². The summed E-state index contributed by atoms with van der Waals surface area (Å²) in [4.78, 5) is 17.7. The van der Waals surface area contributed by atoms with Gasteiger partial charge in [-0.1, -0.05) is 13.0 Å². The smallest absolute Gasteiger partial charge is 0.416 e. The molecule has 2 rings (SSSR count). The number of hydrogen-bond acceptors (Lipinski definition) is 5. The summed E-state index contributed by atoms with van der Waals surface area (Å²) in [5.41, 5.74) is 0.138. The fourth-order valence-electron chi connectivity index (χ4n) is 2.43. The molecule has 1 aliphatic heterocycles. The van der Waals surface area contributed by atoms with E-state index in [9.17, 15) is 15.0 Å². The lowest BCUT2D eigenvalue weighted by molar-refractivity contribution is -0.0632. The van der Waals surface area contributed by atoms with Gasteiger partial charge in [0.25, 0.3) is 0 Å². The molecule has 0 aromatic carbocycles. The number of carbonyl (C=O) groups excluding carboxylic acids is 1. The number of ether oxygens (including phenoxy) is 1. The van der Waals surface area contributed by atoms with Crippen LogP contribution in [0.1, 0.15) is 39.2 Å². The number of aliphatic hydroxyl groups is 2. The number of aromatic nitrogens is 1. The molecule has 0 radical (unpaired) electrons. The predicted molar refractivity (Wildman–Crippen MR) is 73.4 cm³/mol. The molecule has 20 heavy (non-hydrogen) atoms. The predicted octanol–water partition coefficient (Wildman–Crippen LogP) is 1.62. The number of nitrogens with zero attached hydrogens (tertiary/aromatic N) is 2. The minimum absolute atomic E-state index is 0.230. The highest BCUT2D eigenvalue weighted by Gasteiger charge is 2.45. The molecule has 0 bridgehead atoms. The first-order chi connectivity index (χ1) is 9.22. The first kappa shape index (κ1) is 14.7. The monoisotopic (exact) mass is 280 g/mol. The van der Waals surface area contributed by atoms with E-state index < -0.39 is 24.0 Å². The summed E-state index contributed by atoms with van der Waals surface area (Å²) in [5, 5.41) is 19.2. The molecule has 0 aliphatic carbocycles. The lowest BCUT2D eigenvalue weighted by atomic mass is 9.98. The summed E-state index contributed by atoms with van der Waals surface area (Å²) in [6.07, 6.45) is -0.721. The van der Waals surface area contributed by atoms with E-state index in [1.54, 1.807) is 33.0 Å². The van der Waals surface area contributed by atoms with Gasteiger partial charge in [0.1, 0.15) is 11.4 Å². The average molecular weight is 280 g/mol. The second-order valence-corrected chi connectivity index (χ2v) is 5.96. The molecule has 1 aromatic heterocycles. The van der Waals surface area contributed by atoms with E-state index in [2.05, 4.69) is 4.98 Å². The van der Waals surface area contributed by atoms with E-state index in [0.29, 0.717) is 5.82 Å². The number of rotatable bonds is 1. The van der Waals surface area contributed by atoms with Crippen LogP contribution < -0.4 is 4.90 Å². The zero-order valence-corrected chi connectivity index (χ0v) is 12.1. The minimum Gasteiger partial charge on any atom is -0.443 e. The standard InChI is InChI=1S/C14H20N2O4/c1-8-9-6-5-7-15-11(9)16(10(8)12(17)18)13(19)20-14(2,3)4/h5-8,10,12,17-18H,1-4H3. The van der Waals surface area contributed by atoms with Gasteiger partial charge < -0.3 is 14.9 Å². The van der Waals surface area contributed by atoms with E-state index in [0.717, 1.165) is 5.56 Å². The topological polar surface area (TPSA) is 82.9 Å². The molecule has 1 aliphatic rings. The third kappa shape index (κ3) is 2.62.